The van der Waals surface area contributed by atoms with E-state index in [4.69, 9.17) is 10.6 Å². The van der Waals surface area contributed by atoms with Crippen molar-refractivity contribution in [2.45, 2.75) is 12.5 Å². The predicted octanol–water partition coefficient (Wildman–Crippen LogP) is 2.66. The van der Waals surface area contributed by atoms with Crippen molar-refractivity contribution in [2.24, 2.45) is 10.9 Å². The number of rotatable bonds is 2. The molecule has 1 unspecified atom stereocenters. The molecule has 2 N–H and O–H groups in total. The molecule has 1 aromatic carbocycles. The van der Waals surface area contributed by atoms with Gasteiger partial charge in [0.25, 0.3) is 0 Å². The Labute approximate surface area is 105 Å². The maximum Gasteiger partial charge on any atom is 0.145 e. The summed E-state index contributed by atoms with van der Waals surface area (Å²) < 4.78 is 2.04. The Hall–Kier alpha value is -0.390. The average Bonchev–Trinajstić information content (AvgIpc) is 2.70. The lowest BCUT2D eigenvalue weighted by atomic mass is 10.1. The van der Waals surface area contributed by atoms with E-state index in [0.29, 0.717) is 6.54 Å². The van der Waals surface area contributed by atoms with Crippen LogP contribution in [0.25, 0.3) is 0 Å². The highest BCUT2D eigenvalue weighted by Crippen LogP contribution is 2.26. The van der Waals surface area contributed by atoms with E-state index in [2.05, 4.69) is 37.0 Å². The van der Waals surface area contributed by atoms with Crippen LogP contribution in [0.2, 0.25) is 0 Å². The minimum Gasteiger partial charge on any atom is -0.390 e. The van der Waals surface area contributed by atoms with Crippen LogP contribution in [0, 0.1) is 0 Å². The predicted molar refractivity (Wildman–Crippen MR) is 66.9 cm³/mol. The molecule has 0 bridgehead atoms. The van der Waals surface area contributed by atoms with Crippen LogP contribution in [0.5, 0.6) is 0 Å². The summed E-state index contributed by atoms with van der Waals surface area (Å²) in [4.78, 5) is 5.18. The fraction of sp³-hybridized carbons (Fsp3) is 0.300. The van der Waals surface area contributed by atoms with Crippen molar-refractivity contribution in [2.75, 3.05) is 6.54 Å². The normalized spacial score (nSPS) is 19.9. The third-order valence-electron chi connectivity index (χ3n) is 2.25. The van der Waals surface area contributed by atoms with Crippen LogP contribution in [-0.2, 0) is 4.84 Å². The van der Waals surface area contributed by atoms with Crippen molar-refractivity contribution in [1.82, 2.24) is 0 Å². The SMILES string of the molecule is NCC1CC(c2ccc(Br)c(Br)c2)=NO1. The Morgan fingerprint density at radius 3 is 2.80 bits per heavy atom. The standard InChI is InChI=1S/C10H10Br2N2O/c11-8-2-1-6(3-9(8)12)10-4-7(5-13)15-14-10/h1-3,7H,4-5,13H2. The van der Waals surface area contributed by atoms with Gasteiger partial charge < -0.3 is 10.6 Å². The van der Waals surface area contributed by atoms with Gasteiger partial charge in [-0.1, -0.05) is 11.2 Å². The van der Waals surface area contributed by atoms with Crippen LogP contribution in [0.3, 0.4) is 0 Å². The van der Waals surface area contributed by atoms with E-state index in [1.807, 2.05) is 18.2 Å². The first-order valence-corrected chi connectivity index (χ1v) is 6.17. The van der Waals surface area contributed by atoms with Crippen LogP contribution >= 0.6 is 31.9 Å². The molecule has 0 saturated carbocycles. The van der Waals surface area contributed by atoms with Gasteiger partial charge in [-0.05, 0) is 44.0 Å². The van der Waals surface area contributed by atoms with E-state index in [1.165, 1.54) is 0 Å². The molecule has 15 heavy (non-hydrogen) atoms. The molecule has 1 atom stereocenters. The summed E-state index contributed by atoms with van der Waals surface area (Å²) >= 11 is 6.88. The maximum absolute atomic E-state index is 5.51. The van der Waals surface area contributed by atoms with Crippen molar-refractivity contribution in [3.05, 3.63) is 32.7 Å². The van der Waals surface area contributed by atoms with E-state index >= 15 is 0 Å². The molecule has 0 spiro atoms. The Kier molecular flexibility index (Phi) is 3.43. The van der Waals surface area contributed by atoms with Gasteiger partial charge >= 0.3 is 0 Å². The molecule has 0 amide bonds. The molecule has 3 nitrogen and oxygen atoms in total. The third kappa shape index (κ3) is 2.41. The van der Waals surface area contributed by atoms with Crippen LogP contribution in [0.4, 0.5) is 0 Å². The summed E-state index contributed by atoms with van der Waals surface area (Å²) in [5.41, 5.74) is 7.54. The topological polar surface area (TPSA) is 47.6 Å². The molecule has 0 aromatic heterocycles. The quantitative estimate of drug-likeness (QED) is 0.904. The molecule has 80 valence electrons. The molecule has 1 aliphatic heterocycles. The zero-order chi connectivity index (χ0) is 10.8. The zero-order valence-electron chi connectivity index (χ0n) is 7.91. The van der Waals surface area contributed by atoms with Crippen molar-refractivity contribution in [1.29, 1.82) is 0 Å². The van der Waals surface area contributed by atoms with Crippen molar-refractivity contribution in [3.63, 3.8) is 0 Å². The van der Waals surface area contributed by atoms with Gasteiger partial charge in [0.2, 0.25) is 0 Å². The number of nitrogens with zero attached hydrogens (tertiary/aromatic N) is 1. The van der Waals surface area contributed by atoms with Gasteiger partial charge in [-0.25, -0.2) is 0 Å². The van der Waals surface area contributed by atoms with Crippen LogP contribution in [0.1, 0.15) is 12.0 Å². The number of benzene rings is 1. The summed E-state index contributed by atoms with van der Waals surface area (Å²) in [7, 11) is 0. The number of hydrogen-bond donors (Lipinski definition) is 1. The minimum absolute atomic E-state index is 0.0300. The van der Waals surface area contributed by atoms with Crippen molar-refractivity contribution >= 4 is 37.6 Å². The smallest absolute Gasteiger partial charge is 0.145 e. The first-order valence-electron chi connectivity index (χ1n) is 4.59. The Morgan fingerprint density at radius 2 is 2.20 bits per heavy atom. The molecule has 0 aliphatic carbocycles. The highest BCUT2D eigenvalue weighted by Gasteiger charge is 2.20. The second-order valence-electron chi connectivity index (χ2n) is 3.33. The van der Waals surface area contributed by atoms with Crippen molar-refractivity contribution < 1.29 is 4.84 Å². The molecule has 2 rings (SSSR count). The van der Waals surface area contributed by atoms with Gasteiger partial charge in [0.1, 0.15) is 6.10 Å². The lowest BCUT2D eigenvalue weighted by Gasteiger charge is -2.03. The zero-order valence-corrected chi connectivity index (χ0v) is 11.1. The molecule has 1 heterocycles. The second kappa shape index (κ2) is 4.63. The summed E-state index contributed by atoms with van der Waals surface area (Å²) in [6.07, 6.45) is 0.812. The molecule has 0 saturated heterocycles. The van der Waals surface area contributed by atoms with E-state index in [0.717, 1.165) is 26.6 Å². The lowest BCUT2D eigenvalue weighted by Crippen LogP contribution is -2.20. The van der Waals surface area contributed by atoms with E-state index < -0.39 is 0 Å². The molecule has 1 aliphatic rings. The number of halogens is 2. The second-order valence-corrected chi connectivity index (χ2v) is 5.04. The molecule has 0 radical (unpaired) electrons. The van der Waals surface area contributed by atoms with E-state index in [1.54, 1.807) is 0 Å². The highest BCUT2D eigenvalue weighted by atomic mass is 79.9. The van der Waals surface area contributed by atoms with Crippen LogP contribution < -0.4 is 5.73 Å². The summed E-state index contributed by atoms with van der Waals surface area (Å²) in [5.74, 6) is 0. The van der Waals surface area contributed by atoms with Gasteiger partial charge in [-0.15, -0.1) is 0 Å². The minimum atomic E-state index is 0.0300. The summed E-state index contributed by atoms with van der Waals surface area (Å²) in [5, 5.41) is 4.03. The van der Waals surface area contributed by atoms with Gasteiger partial charge in [-0.2, -0.15) is 0 Å². The Morgan fingerprint density at radius 1 is 1.40 bits per heavy atom. The summed E-state index contributed by atoms with van der Waals surface area (Å²) in [6.45, 7) is 0.505. The fourth-order valence-electron chi connectivity index (χ4n) is 1.40. The number of hydrogen-bond acceptors (Lipinski definition) is 3. The van der Waals surface area contributed by atoms with Crippen molar-refractivity contribution in [3.8, 4) is 0 Å². The molecular weight excluding hydrogens is 324 g/mol. The molecule has 1 aromatic rings. The monoisotopic (exact) mass is 332 g/mol. The van der Waals surface area contributed by atoms with Gasteiger partial charge in [0.15, 0.2) is 0 Å². The van der Waals surface area contributed by atoms with Crippen LogP contribution in [0.15, 0.2) is 32.3 Å². The molecule has 0 fully saturated rings. The maximum atomic E-state index is 5.51. The third-order valence-corrected chi connectivity index (χ3v) is 4.13. The number of nitrogens with two attached hydrogens (primary N) is 1. The van der Waals surface area contributed by atoms with E-state index in [9.17, 15) is 0 Å². The largest absolute Gasteiger partial charge is 0.390 e. The van der Waals surface area contributed by atoms with Crippen LogP contribution in [-0.4, -0.2) is 18.4 Å². The fourth-order valence-corrected chi connectivity index (χ4v) is 2.03. The lowest BCUT2D eigenvalue weighted by molar-refractivity contribution is 0.0918. The average molecular weight is 334 g/mol. The molecule has 5 heteroatoms. The summed E-state index contributed by atoms with van der Waals surface area (Å²) in [6, 6.07) is 6.01. The molecular formula is C10H10Br2N2O. The van der Waals surface area contributed by atoms with Gasteiger partial charge in [0, 0.05) is 27.5 Å². The highest BCUT2D eigenvalue weighted by molar-refractivity contribution is 9.13. The Bertz CT molecular complexity index is 406. The van der Waals surface area contributed by atoms with Gasteiger partial charge in [-0.3, -0.25) is 0 Å². The number of oxime groups is 1. The van der Waals surface area contributed by atoms with Gasteiger partial charge in [0.05, 0.1) is 5.71 Å². The first kappa shape index (κ1) is 11.1. The Balaban J connectivity index is 2.21. The first-order chi connectivity index (χ1) is 7.20. The van der Waals surface area contributed by atoms with E-state index in [-0.39, 0.29) is 6.10 Å².